The molecule has 31 heavy (non-hydrogen) atoms. The lowest BCUT2D eigenvalue weighted by Gasteiger charge is -2.11. The predicted molar refractivity (Wildman–Crippen MR) is 98.8 cm³/mol. The van der Waals surface area contributed by atoms with Crippen molar-refractivity contribution < 1.29 is 22.4 Å². The van der Waals surface area contributed by atoms with Crippen LogP contribution in [0.25, 0.3) is 11.5 Å². The second-order valence-electron chi connectivity index (χ2n) is 6.33. The molecule has 0 saturated heterocycles. The van der Waals surface area contributed by atoms with Crippen molar-refractivity contribution in [3.8, 4) is 11.5 Å². The summed E-state index contributed by atoms with van der Waals surface area (Å²) >= 11 is 0. The molecule has 4 rings (SSSR count). The molecule has 0 aliphatic rings. The minimum Gasteiger partial charge on any atom is -0.346 e. The number of carbonyl (C=O) groups is 1. The average molecular weight is 431 g/mol. The molecule has 0 fully saturated rings. The summed E-state index contributed by atoms with van der Waals surface area (Å²) < 4.78 is 56.1. The molecule has 4 aromatic rings. The second kappa shape index (κ2) is 7.97. The van der Waals surface area contributed by atoms with E-state index in [2.05, 4.69) is 25.7 Å². The van der Waals surface area contributed by atoms with Crippen LogP contribution in [0, 0.1) is 5.82 Å². The van der Waals surface area contributed by atoms with E-state index in [0.717, 1.165) is 24.3 Å². The van der Waals surface area contributed by atoms with E-state index in [-0.39, 0.29) is 12.2 Å². The maximum atomic E-state index is 13.7. The van der Waals surface area contributed by atoms with Crippen LogP contribution in [0.3, 0.4) is 0 Å². The molecule has 3 aromatic heterocycles. The summed E-state index contributed by atoms with van der Waals surface area (Å²) in [6.45, 7) is -0.0731. The normalized spacial score (nSPS) is 11.5. The van der Waals surface area contributed by atoms with Crippen molar-refractivity contribution in [2.24, 2.45) is 0 Å². The van der Waals surface area contributed by atoms with Gasteiger partial charge in [0, 0.05) is 25.1 Å². The number of rotatable bonds is 5. The summed E-state index contributed by atoms with van der Waals surface area (Å²) in [6.07, 6.45) is -0.188. The highest BCUT2D eigenvalue weighted by Crippen LogP contribution is 2.32. The van der Waals surface area contributed by atoms with Gasteiger partial charge in [-0.3, -0.25) is 4.79 Å². The highest BCUT2D eigenvalue weighted by atomic mass is 19.4. The molecule has 0 aliphatic carbocycles. The van der Waals surface area contributed by atoms with Crippen LogP contribution in [0.4, 0.5) is 17.6 Å². The van der Waals surface area contributed by atoms with Gasteiger partial charge in [0.2, 0.25) is 0 Å². The molecule has 0 radical (unpaired) electrons. The van der Waals surface area contributed by atoms with Crippen LogP contribution < -0.4 is 5.32 Å². The van der Waals surface area contributed by atoms with Gasteiger partial charge in [0.25, 0.3) is 5.91 Å². The van der Waals surface area contributed by atoms with Crippen molar-refractivity contribution in [2.45, 2.75) is 12.7 Å². The lowest BCUT2D eigenvalue weighted by atomic mass is 10.2. The van der Waals surface area contributed by atoms with Crippen LogP contribution in [-0.4, -0.2) is 35.7 Å². The Morgan fingerprint density at radius 1 is 1.10 bits per heavy atom. The van der Waals surface area contributed by atoms with Gasteiger partial charge in [-0.05, 0) is 48.0 Å². The molecule has 1 amide bonds. The SMILES string of the molecule is O=C(NCc1ccnc(-n2cccn2)c1)c1nnn(-c2ccc(F)cc2)c1C(F)(F)F. The van der Waals surface area contributed by atoms with Crippen LogP contribution in [0.5, 0.6) is 0 Å². The minimum atomic E-state index is -4.92. The van der Waals surface area contributed by atoms with Gasteiger partial charge in [-0.1, -0.05) is 5.21 Å². The Morgan fingerprint density at radius 3 is 2.55 bits per heavy atom. The number of pyridine rings is 1. The Balaban J connectivity index is 1.58. The van der Waals surface area contributed by atoms with Crippen LogP contribution in [0.1, 0.15) is 21.7 Å². The van der Waals surface area contributed by atoms with E-state index in [1.807, 2.05) is 0 Å². The number of alkyl halides is 3. The average Bonchev–Trinajstić information content (AvgIpc) is 3.43. The summed E-state index contributed by atoms with van der Waals surface area (Å²) in [7, 11) is 0. The summed E-state index contributed by atoms with van der Waals surface area (Å²) in [4.78, 5) is 16.6. The quantitative estimate of drug-likeness (QED) is 0.491. The maximum absolute atomic E-state index is 13.7. The molecule has 1 aromatic carbocycles. The fourth-order valence-corrected chi connectivity index (χ4v) is 2.82. The zero-order valence-electron chi connectivity index (χ0n) is 15.6. The molecular formula is C19H13F4N7O. The predicted octanol–water partition coefficient (Wildman–Crippen LogP) is 2.94. The molecule has 0 bridgehead atoms. The fourth-order valence-electron chi connectivity index (χ4n) is 2.82. The first kappa shape index (κ1) is 20.2. The van der Waals surface area contributed by atoms with Crippen molar-refractivity contribution in [1.29, 1.82) is 0 Å². The number of benzene rings is 1. The first-order valence-corrected chi connectivity index (χ1v) is 8.85. The number of hydrogen-bond acceptors (Lipinski definition) is 5. The fraction of sp³-hybridized carbons (Fsp3) is 0.105. The third kappa shape index (κ3) is 4.27. The molecule has 0 spiro atoms. The molecule has 0 atom stereocenters. The number of halogens is 4. The minimum absolute atomic E-state index is 0.0731. The van der Waals surface area contributed by atoms with Crippen molar-refractivity contribution in [1.82, 2.24) is 35.1 Å². The Bertz CT molecular complexity index is 1200. The Hall–Kier alpha value is -4.09. The van der Waals surface area contributed by atoms with Gasteiger partial charge in [-0.25, -0.2) is 18.7 Å². The number of nitrogens with one attached hydrogen (secondary N) is 1. The van der Waals surface area contributed by atoms with E-state index < -0.39 is 29.3 Å². The molecule has 158 valence electrons. The second-order valence-corrected chi connectivity index (χ2v) is 6.33. The van der Waals surface area contributed by atoms with E-state index in [4.69, 9.17) is 0 Å². The third-order valence-corrected chi connectivity index (χ3v) is 4.23. The topological polar surface area (TPSA) is 90.5 Å². The summed E-state index contributed by atoms with van der Waals surface area (Å²) in [5.74, 6) is -1.20. The lowest BCUT2D eigenvalue weighted by Crippen LogP contribution is -2.27. The molecular weight excluding hydrogens is 418 g/mol. The largest absolute Gasteiger partial charge is 0.435 e. The number of nitrogens with zero attached hydrogens (tertiary/aromatic N) is 6. The van der Waals surface area contributed by atoms with Gasteiger partial charge in [-0.15, -0.1) is 5.10 Å². The molecule has 0 unspecified atom stereocenters. The van der Waals surface area contributed by atoms with Crippen LogP contribution in [-0.2, 0) is 12.7 Å². The summed E-state index contributed by atoms with van der Waals surface area (Å²) in [5, 5.41) is 13.3. The standard InChI is InChI=1S/C19H13F4N7O/c20-13-2-4-14(5-3-13)30-17(19(21,22)23)16(27-28-30)18(31)25-11-12-6-8-24-15(10-12)29-9-1-7-26-29/h1-10H,11H2,(H,25,31). The smallest absolute Gasteiger partial charge is 0.346 e. The highest BCUT2D eigenvalue weighted by molar-refractivity contribution is 5.93. The van der Waals surface area contributed by atoms with Crippen LogP contribution >= 0.6 is 0 Å². The molecule has 1 N–H and O–H groups in total. The van der Waals surface area contributed by atoms with E-state index in [1.54, 1.807) is 30.6 Å². The lowest BCUT2D eigenvalue weighted by molar-refractivity contribution is -0.143. The number of amides is 1. The molecule has 12 heteroatoms. The molecule has 8 nitrogen and oxygen atoms in total. The van der Waals surface area contributed by atoms with Gasteiger partial charge in [0.05, 0.1) is 5.69 Å². The van der Waals surface area contributed by atoms with E-state index in [0.29, 0.717) is 16.1 Å². The van der Waals surface area contributed by atoms with Gasteiger partial charge in [-0.2, -0.15) is 18.3 Å². The van der Waals surface area contributed by atoms with E-state index in [9.17, 15) is 22.4 Å². The van der Waals surface area contributed by atoms with Gasteiger partial charge >= 0.3 is 6.18 Å². The molecule has 0 saturated carbocycles. The van der Waals surface area contributed by atoms with Crippen LogP contribution in [0.15, 0.2) is 61.1 Å². The highest BCUT2D eigenvalue weighted by Gasteiger charge is 2.42. The Kier molecular flexibility index (Phi) is 5.19. The molecule has 3 heterocycles. The zero-order valence-corrected chi connectivity index (χ0v) is 15.6. The van der Waals surface area contributed by atoms with Gasteiger partial charge in [0.1, 0.15) is 5.82 Å². The Morgan fingerprint density at radius 2 is 1.87 bits per heavy atom. The first-order valence-electron chi connectivity index (χ1n) is 8.85. The maximum Gasteiger partial charge on any atom is 0.435 e. The third-order valence-electron chi connectivity index (χ3n) is 4.23. The van der Waals surface area contributed by atoms with Crippen molar-refractivity contribution in [3.63, 3.8) is 0 Å². The van der Waals surface area contributed by atoms with Gasteiger partial charge in [0.15, 0.2) is 17.2 Å². The summed E-state index contributed by atoms with van der Waals surface area (Å²) in [5.41, 5.74) is -1.74. The van der Waals surface area contributed by atoms with Crippen molar-refractivity contribution in [2.75, 3.05) is 0 Å². The Labute approximate surface area is 172 Å². The van der Waals surface area contributed by atoms with E-state index in [1.165, 1.54) is 10.9 Å². The van der Waals surface area contributed by atoms with E-state index >= 15 is 0 Å². The number of aromatic nitrogens is 6. The van der Waals surface area contributed by atoms with Crippen LogP contribution in [0.2, 0.25) is 0 Å². The van der Waals surface area contributed by atoms with Gasteiger partial charge < -0.3 is 5.32 Å². The van der Waals surface area contributed by atoms with Crippen molar-refractivity contribution >= 4 is 5.91 Å². The monoisotopic (exact) mass is 431 g/mol. The summed E-state index contributed by atoms with van der Waals surface area (Å²) in [6, 6.07) is 9.12. The first-order chi connectivity index (χ1) is 14.8. The zero-order chi connectivity index (χ0) is 22.0. The number of hydrogen-bond donors (Lipinski definition) is 1. The number of carbonyl (C=O) groups excluding carboxylic acids is 1. The molecule has 0 aliphatic heterocycles. The van der Waals surface area contributed by atoms with Crippen molar-refractivity contribution in [3.05, 3.63) is 83.8 Å².